The Balaban J connectivity index is 2.26. The average molecular weight is 354 g/mol. The number of nitrogens with zero attached hydrogens (tertiary/aromatic N) is 1. The van der Waals surface area contributed by atoms with E-state index in [2.05, 4.69) is 59.4 Å². The van der Waals surface area contributed by atoms with Crippen molar-refractivity contribution in [1.82, 2.24) is 0 Å². The van der Waals surface area contributed by atoms with Gasteiger partial charge in [0.25, 0.3) is 0 Å². The summed E-state index contributed by atoms with van der Waals surface area (Å²) in [4.78, 5) is 2.36. The second-order valence-electron chi connectivity index (χ2n) is 8.62. The third-order valence-corrected chi connectivity index (χ3v) is 5.35. The van der Waals surface area contributed by atoms with Crippen LogP contribution in [0.15, 0.2) is 30.3 Å². The van der Waals surface area contributed by atoms with E-state index < -0.39 is 0 Å². The van der Waals surface area contributed by atoms with E-state index in [1.165, 1.54) is 22.4 Å². The topological polar surface area (TPSA) is 32.7 Å². The summed E-state index contributed by atoms with van der Waals surface area (Å²) in [6.45, 7) is 16.3. The van der Waals surface area contributed by atoms with Crippen molar-refractivity contribution in [3.05, 3.63) is 47.0 Å². The summed E-state index contributed by atoms with van der Waals surface area (Å²) in [5, 5.41) is 9.68. The largest absolute Gasteiger partial charge is 0.508 e. The lowest BCUT2D eigenvalue weighted by Gasteiger charge is -2.33. The zero-order valence-electron chi connectivity index (χ0n) is 17.1. The summed E-state index contributed by atoms with van der Waals surface area (Å²) >= 11 is 0. The van der Waals surface area contributed by atoms with Gasteiger partial charge in [0.2, 0.25) is 0 Å². The molecule has 0 atom stereocenters. The molecule has 0 fully saturated rings. The molecule has 1 heterocycles. The van der Waals surface area contributed by atoms with Crippen molar-refractivity contribution in [2.24, 2.45) is 0 Å². The smallest absolute Gasteiger partial charge is 0.127 e. The van der Waals surface area contributed by atoms with Crippen LogP contribution in [0, 0.1) is 6.92 Å². The van der Waals surface area contributed by atoms with Crippen molar-refractivity contribution in [2.75, 3.05) is 11.5 Å². The standard InChI is InChI=1S/C23H31NO2/c1-14(2)21-16(5)20(12-19-22(21)26-13-23(19,6)7)24(15(3)4)17-8-10-18(25)11-9-17/h8-12,14-15,25H,13H2,1-7H3. The van der Waals surface area contributed by atoms with Crippen LogP contribution in [0.2, 0.25) is 0 Å². The molecule has 1 N–H and O–H groups in total. The van der Waals surface area contributed by atoms with Gasteiger partial charge < -0.3 is 14.7 Å². The minimum Gasteiger partial charge on any atom is -0.508 e. The van der Waals surface area contributed by atoms with Crippen LogP contribution in [-0.4, -0.2) is 17.8 Å². The molecular weight excluding hydrogens is 322 g/mol. The van der Waals surface area contributed by atoms with E-state index in [4.69, 9.17) is 4.74 Å². The Labute approximate surface area is 157 Å². The number of aromatic hydroxyl groups is 1. The Morgan fingerprint density at radius 3 is 2.23 bits per heavy atom. The highest BCUT2D eigenvalue weighted by atomic mass is 16.5. The second kappa shape index (κ2) is 6.53. The van der Waals surface area contributed by atoms with E-state index in [1.54, 1.807) is 12.1 Å². The zero-order valence-corrected chi connectivity index (χ0v) is 17.1. The van der Waals surface area contributed by atoms with Gasteiger partial charge in [-0.3, -0.25) is 0 Å². The van der Waals surface area contributed by atoms with Gasteiger partial charge in [-0.15, -0.1) is 0 Å². The molecule has 140 valence electrons. The van der Waals surface area contributed by atoms with Crippen LogP contribution in [0.25, 0.3) is 0 Å². The van der Waals surface area contributed by atoms with Crippen LogP contribution in [0.4, 0.5) is 11.4 Å². The van der Waals surface area contributed by atoms with E-state index in [-0.39, 0.29) is 5.41 Å². The van der Waals surface area contributed by atoms with E-state index >= 15 is 0 Å². The van der Waals surface area contributed by atoms with Crippen LogP contribution in [0.3, 0.4) is 0 Å². The van der Waals surface area contributed by atoms with Gasteiger partial charge >= 0.3 is 0 Å². The normalized spacial score (nSPS) is 15.3. The Hall–Kier alpha value is -2.16. The van der Waals surface area contributed by atoms with Crippen LogP contribution in [-0.2, 0) is 5.41 Å². The molecule has 3 rings (SSSR count). The fourth-order valence-electron chi connectivity index (χ4n) is 4.03. The van der Waals surface area contributed by atoms with Crippen molar-refractivity contribution >= 4 is 11.4 Å². The molecule has 0 aliphatic carbocycles. The number of hydrogen-bond acceptors (Lipinski definition) is 3. The monoisotopic (exact) mass is 353 g/mol. The van der Waals surface area contributed by atoms with Crippen molar-refractivity contribution in [3.8, 4) is 11.5 Å². The lowest BCUT2D eigenvalue weighted by atomic mass is 9.82. The lowest BCUT2D eigenvalue weighted by Crippen LogP contribution is -2.27. The SMILES string of the molecule is Cc1c(N(c2ccc(O)cc2)C(C)C)cc2c(c1C(C)C)OCC2(C)C. The van der Waals surface area contributed by atoms with Gasteiger partial charge in [-0.05, 0) is 62.6 Å². The van der Waals surface area contributed by atoms with Crippen molar-refractivity contribution in [2.45, 2.75) is 65.8 Å². The molecule has 0 spiro atoms. The van der Waals surface area contributed by atoms with Gasteiger partial charge in [0, 0.05) is 34.0 Å². The van der Waals surface area contributed by atoms with Crippen LogP contribution < -0.4 is 9.64 Å². The summed E-state index contributed by atoms with van der Waals surface area (Å²) in [5.74, 6) is 1.77. The van der Waals surface area contributed by atoms with Crippen molar-refractivity contribution in [3.63, 3.8) is 0 Å². The van der Waals surface area contributed by atoms with Gasteiger partial charge in [0.15, 0.2) is 0 Å². The Bertz CT molecular complexity index is 804. The molecule has 2 aromatic carbocycles. The maximum atomic E-state index is 9.68. The Morgan fingerprint density at radius 2 is 1.69 bits per heavy atom. The van der Waals surface area contributed by atoms with Crippen molar-refractivity contribution in [1.29, 1.82) is 0 Å². The lowest BCUT2D eigenvalue weighted by molar-refractivity contribution is 0.288. The Kier molecular flexibility index (Phi) is 4.68. The summed E-state index contributed by atoms with van der Waals surface area (Å²) in [7, 11) is 0. The minimum absolute atomic E-state index is 0.0129. The number of rotatable bonds is 4. The molecule has 0 aromatic heterocycles. The van der Waals surface area contributed by atoms with E-state index in [1.807, 2.05) is 12.1 Å². The van der Waals surface area contributed by atoms with E-state index in [0.717, 1.165) is 18.0 Å². The quantitative estimate of drug-likeness (QED) is 0.727. The fraction of sp³-hybridized carbons (Fsp3) is 0.478. The zero-order chi connectivity index (χ0) is 19.2. The number of ether oxygens (including phenoxy) is 1. The molecule has 0 saturated heterocycles. The molecule has 1 aliphatic rings. The van der Waals surface area contributed by atoms with Gasteiger partial charge in [-0.1, -0.05) is 27.7 Å². The molecule has 26 heavy (non-hydrogen) atoms. The molecule has 1 aliphatic heterocycles. The molecule has 0 saturated carbocycles. The maximum Gasteiger partial charge on any atom is 0.127 e. The Morgan fingerprint density at radius 1 is 1.08 bits per heavy atom. The predicted octanol–water partition coefficient (Wildman–Crippen LogP) is 6.04. The minimum atomic E-state index is 0.0129. The number of benzene rings is 2. The van der Waals surface area contributed by atoms with Gasteiger partial charge in [0.1, 0.15) is 11.5 Å². The van der Waals surface area contributed by atoms with Crippen LogP contribution >= 0.6 is 0 Å². The molecule has 2 aromatic rings. The highest BCUT2D eigenvalue weighted by Gasteiger charge is 2.36. The first-order chi connectivity index (χ1) is 12.1. The summed E-state index contributed by atoms with van der Waals surface area (Å²) in [6, 6.07) is 10.1. The predicted molar refractivity (Wildman–Crippen MR) is 109 cm³/mol. The maximum absolute atomic E-state index is 9.68. The number of phenolic OH excluding ortho intramolecular Hbond substituents is 1. The number of hydrogen-bond donors (Lipinski definition) is 1. The second-order valence-corrected chi connectivity index (χ2v) is 8.62. The van der Waals surface area contributed by atoms with Gasteiger partial charge in [-0.2, -0.15) is 0 Å². The van der Waals surface area contributed by atoms with Crippen LogP contribution in [0.5, 0.6) is 11.5 Å². The summed E-state index contributed by atoms with van der Waals surface area (Å²) in [5.41, 5.74) is 6.22. The highest BCUT2D eigenvalue weighted by Crippen LogP contribution is 2.48. The first kappa shape index (κ1) is 18.6. The molecule has 0 radical (unpaired) electrons. The first-order valence-electron chi connectivity index (χ1n) is 9.52. The molecule has 3 nitrogen and oxygen atoms in total. The van der Waals surface area contributed by atoms with Gasteiger partial charge in [0.05, 0.1) is 6.61 Å². The third-order valence-electron chi connectivity index (χ3n) is 5.35. The molecule has 0 unspecified atom stereocenters. The number of anilines is 2. The highest BCUT2D eigenvalue weighted by molar-refractivity contribution is 5.73. The van der Waals surface area contributed by atoms with Crippen LogP contribution in [0.1, 0.15) is 64.2 Å². The molecule has 3 heteroatoms. The average Bonchev–Trinajstić information content (AvgIpc) is 2.84. The summed E-state index contributed by atoms with van der Waals surface area (Å²) in [6.07, 6.45) is 0. The van der Waals surface area contributed by atoms with Crippen molar-refractivity contribution < 1.29 is 9.84 Å². The summed E-state index contributed by atoms with van der Waals surface area (Å²) < 4.78 is 6.15. The van der Waals surface area contributed by atoms with E-state index in [9.17, 15) is 5.11 Å². The number of fused-ring (bicyclic) bond motifs is 1. The first-order valence-corrected chi connectivity index (χ1v) is 9.52. The molecule has 0 amide bonds. The van der Waals surface area contributed by atoms with E-state index in [0.29, 0.717) is 17.7 Å². The third kappa shape index (κ3) is 3.04. The van der Waals surface area contributed by atoms with Gasteiger partial charge in [-0.25, -0.2) is 0 Å². The molecule has 0 bridgehead atoms. The number of phenols is 1. The fourth-order valence-corrected chi connectivity index (χ4v) is 4.03. The molecular formula is C23H31NO2.